The molecule has 1 aromatic carbocycles. The molecule has 36 heavy (non-hydrogen) atoms. The molecule has 0 unspecified atom stereocenters. The summed E-state index contributed by atoms with van der Waals surface area (Å²) >= 11 is 0. The van der Waals surface area contributed by atoms with Crippen LogP contribution in [0, 0.1) is 0 Å². The van der Waals surface area contributed by atoms with Crippen LogP contribution in [0.2, 0.25) is 0 Å². The van der Waals surface area contributed by atoms with E-state index in [4.69, 9.17) is 0 Å². The van der Waals surface area contributed by atoms with Gasteiger partial charge in [0.25, 0.3) is 0 Å². The van der Waals surface area contributed by atoms with Gasteiger partial charge in [-0.15, -0.1) is 0 Å². The number of sulfonamides is 1. The summed E-state index contributed by atoms with van der Waals surface area (Å²) < 4.78 is 28.1. The lowest BCUT2D eigenvalue weighted by Gasteiger charge is -2.33. The predicted molar refractivity (Wildman–Crippen MR) is 136 cm³/mol. The Labute approximate surface area is 210 Å². The summed E-state index contributed by atoms with van der Waals surface area (Å²) in [5, 5.41) is 9.31. The normalized spacial score (nSPS) is 22.2. The molecular formula is C24H28N8O3S. The molecule has 5 aliphatic rings. The van der Waals surface area contributed by atoms with Crippen LogP contribution < -0.4 is 16.0 Å². The molecule has 8 bridgehead atoms. The average Bonchev–Trinajstić information content (AvgIpc) is 2.89. The van der Waals surface area contributed by atoms with Crippen LogP contribution in [-0.2, 0) is 14.8 Å². The van der Waals surface area contributed by atoms with Crippen molar-refractivity contribution in [1.82, 2.24) is 29.5 Å². The lowest BCUT2D eigenvalue weighted by atomic mass is 10.2. The van der Waals surface area contributed by atoms with E-state index < -0.39 is 10.0 Å². The smallest absolute Gasteiger partial charge is 0.243 e. The molecule has 0 aliphatic carbocycles. The first-order chi connectivity index (χ1) is 17.5. The number of carbonyl (C=O) groups excluding carboxylic acids is 1. The number of hydrogen-bond donors (Lipinski definition) is 3. The van der Waals surface area contributed by atoms with Gasteiger partial charge in [0.05, 0.1) is 17.1 Å². The van der Waals surface area contributed by atoms with Crippen molar-refractivity contribution in [3.8, 4) is 11.3 Å². The maximum atomic E-state index is 13.3. The number of hydrogen-bond acceptors (Lipinski definition) is 9. The quantitative estimate of drug-likeness (QED) is 0.413. The van der Waals surface area contributed by atoms with Crippen molar-refractivity contribution in [3.05, 3.63) is 54.9 Å². The van der Waals surface area contributed by atoms with Gasteiger partial charge in [0.15, 0.2) is 0 Å². The van der Waals surface area contributed by atoms with Crippen LogP contribution in [0.25, 0.3) is 11.3 Å². The molecule has 0 radical (unpaired) electrons. The SMILES string of the molecule is O=C1CN2CCN(CC2)S(=O)(=O)c2cccc(c2)Nc2nccc(n2)-c2ccc(nc2)NCCCN1. The number of anilines is 3. The largest absolute Gasteiger partial charge is 0.370 e. The highest BCUT2D eigenvalue weighted by molar-refractivity contribution is 7.89. The number of pyridine rings is 1. The Morgan fingerprint density at radius 3 is 2.56 bits per heavy atom. The number of nitrogens with zero attached hydrogens (tertiary/aromatic N) is 5. The van der Waals surface area contributed by atoms with Gasteiger partial charge in [-0.1, -0.05) is 6.07 Å². The molecule has 0 spiro atoms. The fourth-order valence-corrected chi connectivity index (χ4v) is 5.63. The molecule has 1 saturated heterocycles. The molecule has 3 N–H and O–H groups in total. The van der Waals surface area contributed by atoms with Gasteiger partial charge in [0.1, 0.15) is 5.82 Å². The van der Waals surface area contributed by atoms with Crippen LogP contribution in [0.5, 0.6) is 0 Å². The van der Waals surface area contributed by atoms with Crippen molar-refractivity contribution in [2.24, 2.45) is 0 Å². The third kappa shape index (κ3) is 5.61. The second kappa shape index (κ2) is 10.6. The highest BCUT2D eigenvalue weighted by Gasteiger charge is 2.29. The van der Waals surface area contributed by atoms with Crippen molar-refractivity contribution in [2.45, 2.75) is 11.3 Å². The minimum Gasteiger partial charge on any atom is -0.370 e. The zero-order chi connectivity index (χ0) is 25.0. The molecule has 2 aromatic heterocycles. The Balaban J connectivity index is 1.42. The number of aromatic nitrogens is 3. The molecule has 0 saturated carbocycles. The number of nitrogens with one attached hydrogen (secondary N) is 3. The second-order valence-electron chi connectivity index (χ2n) is 8.66. The first-order valence-corrected chi connectivity index (χ1v) is 13.3. The van der Waals surface area contributed by atoms with E-state index in [1.165, 1.54) is 4.31 Å². The van der Waals surface area contributed by atoms with Gasteiger partial charge in [-0.05, 0) is 42.8 Å². The monoisotopic (exact) mass is 508 g/mol. The molecule has 7 heterocycles. The first kappa shape index (κ1) is 24.1. The minimum absolute atomic E-state index is 0.0613. The summed E-state index contributed by atoms with van der Waals surface area (Å²) in [7, 11) is -3.68. The van der Waals surface area contributed by atoms with Gasteiger partial charge in [0.2, 0.25) is 21.9 Å². The Morgan fingerprint density at radius 1 is 0.917 bits per heavy atom. The summed E-state index contributed by atoms with van der Waals surface area (Å²) in [4.78, 5) is 27.8. The summed E-state index contributed by atoms with van der Waals surface area (Å²) in [6, 6.07) is 12.2. The van der Waals surface area contributed by atoms with Crippen molar-refractivity contribution in [3.63, 3.8) is 0 Å². The highest BCUT2D eigenvalue weighted by atomic mass is 32.2. The Hall–Kier alpha value is -3.61. The van der Waals surface area contributed by atoms with Crippen molar-refractivity contribution < 1.29 is 13.2 Å². The maximum absolute atomic E-state index is 13.3. The third-order valence-electron chi connectivity index (χ3n) is 6.12. The zero-order valence-electron chi connectivity index (χ0n) is 19.7. The topological polar surface area (TPSA) is 132 Å². The van der Waals surface area contributed by atoms with E-state index in [1.54, 1.807) is 42.7 Å². The Bertz CT molecular complexity index is 1330. The van der Waals surface area contributed by atoms with Crippen LogP contribution >= 0.6 is 0 Å². The molecule has 0 atom stereocenters. The van der Waals surface area contributed by atoms with Crippen molar-refractivity contribution >= 4 is 33.4 Å². The zero-order valence-corrected chi connectivity index (χ0v) is 20.5. The summed E-state index contributed by atoms with van der Waals surface area (Å²) in [6.07, 6.45) is 4.13. The van der Waals surface area contributed by atoms with E-state index in [2.05, 4.69) is 30.9 Å². The first-order valence-electron chi connectivity index (χ1n) is 11.9. The highest BCUT2D eigenvalue weighted by Crippen LogP contribution is 2.24. The number of rotatable bonds is 0. The molecular weight excluding hydrogens is 480 g/mol. The van der Waals surface area contributed by atoms with Crippen LogP contribution in [-0.4, -0.2) is 84.3 Å². The van der Waals surface area contributed by atoms with Gasteiger partial charge in [0, 0.05) is 62.9 Å². The molecule has 8 rings (SSSR count). The van der Waals surface area contributed by atoms with Gasteiger partial charge in [-0.2, -0.15) is 4.31 Å². The van der Waals surface area contributed by atoms with E-state index >= 15 is 0 Å². The van der Waals surface area contributed by atoms with Gasteiger partial charge in [-0.3, -0.25) is 9.69 Å². The molecule has 12 heteroatoms. The fraction of sp³-hybridized carbons (Fsp3) is 0.333. The third-order valence-corrected chi connectivity index (χ3v) is 8.02. The average molecular weight is 509 g/mol. The molecule has 1 amide bonds. The minimum atomic E-state index is -3.68. The fourth-order valence-electron chi connectivity index (χ4n) is 4.16. The molecule has 11 nitrogen and oxygen atoms in total. The van der Waals surface area contributed by atoms with Gasteiger partial charge in [-0.25, -0.2) is 23.4 Å². The van der Waals surface area contributed by atoms with Gasteiger partial charge < -0.3 is 16.0 Å². The van der Waals surface area contributed by atoms with Crippen molar-refractivity contribution in [2.75, 3.05) is 56.4 Å². The van der Waals surface area contributed by atoms with E-state index in [9.17, 15) is 13.2 Å². The van der Waals surface area contributed by atoms with Crippen LogP contribution in [0.3, 0.4) is 0 Å². The molecule has 5 aliphatic heterocycles. The molecule has 1 fully saturated rings. The lowest BCUT2D eigenvalue weighted by Crippen LogP contribution is -2.51. The standard InChI is InChI=1S/C24H28N8O3S/c33-23-17-31-11-13-32(14-12-31)36(34,35)20-4-1-3-19(15-20)29-24-27-10-7-21(30-24)18-5-6-22(28-16-18)25-8-2-9-26-23/h1,3-7,10,15-16H,2,8-9,11-14,17H2,(H,25,28)(H,26,33)(H,27,29,30). The summed E-state index contributed by atoms with van der Waals surface area (Å²) in [5.74, 6) is 1.04. The maximum Gasteiger partial charge on any atom is 0.243 e. The van der Waals surface area contributed by atoms with E-state index in [1.807, 2.05) is 17.0 Å². The summed E-state index contributed by atoms with van der Waals surface area (Å²) in [5.41, 5.74) is 2.08. The van der Waals surface area contributed by atoms with E-state index in [0.717, 1.165) is 17.8 Å². The van der Waals surface area contributed by atoms with Crippen LogP contribution in [0.1, 0.15) is 6.42 Å². The number of benzene rings is 1. The lowest BCUT2D eigenvalue weighted by molar-refractivity contribution is -0.122. The molecule has 188 valence electrons. The summed E-state index contributed by atoms with van der Waals surface area (Å²) in [6.45, 7) is 3.11. The van der Waals surface area contributed by atoms with Gasteiger partial charge >= 0.3 is 0 Å². The van der Waals surface area contributed by atoms with E-state index in [0.29, 0.717) is 56.6 Å². The van der Waals surface area contributed by atoms with Crippen LogP contribution in [0.15, 0.2) is 59.8 Å². The number of carbonyl (C=O) groups is 1. The Morgan fingerprint density at radius 2 is 1.75 bits per heavy atom. The Kier molecular flexibility index (Phi) is 7.07. The number of amides is 1. The number of piperazine rings is 1. The predicted octanol–water partition coefficient (Wildman–Crippen LogP) is 1.52. The van der Waals surface area contributed by atoms with Crippen molar-refractivity contribution in [1.29, 1.82) is 0 Å². The van der Waals surface area contributed by atoms with Crippen LogP contribution in [0.4, 0.5) is 17.5 Å². The van der Waals surface area contributed by atoms with E-state index in [-0.39, 0.29) is 17.3 Å². The molecule has 3 aromatic rings. The second-order valence-corrected chi connectivity index (χ2v) is 10.6.